The third-order valence-corrected chi connectivity index (χ3v) is 4.10. The first-order valence-electron chi connectivity index (χ1n) is 8.59. The number of carbonyl (C=O) groups is 2. The lowest BCUT2D eigenvalue weighted by molar-refractivity contribution is -0.384. The monoisotopic (exact) mass is 473 g/mol. The summed E-state index contributed by atoms with van der Waals surface area (Å²) in [6.45, 7) is 1.55. The molecule has 0 radical (unpaired) electrons. The SMILES string of the molecule is CCOC(=O)COc1ccc(Br)cc1/C=C(\C#N)C(=O)Nc1cccc([N+](=O)[O-])c1. The lowest BCUT2D eigenvalue weighted by atomic mass is 10.1. The van der Waals surface area contributed by atoms with Crippen LogP contribution in [0.15, 0.2) is 52.5 Å². The number of hydrogen-bond donors (Lipinski definition) is 1. The van der Waals surface area contributed by atoms with Crippen LogP contribution in [0.2, 0.25) is 0 Å². The van der Waals surface area contributed by atoms with Crippen molar-refractivity contribution in [2.24, 2.45) is 0 Å². The van der Waals surface area contributed by atoms with Crippen LogP contribution >= 0.6 is 15.9 Å². The zero-order valence-electron chi connectivity index (χ0n) is 15.8. The van der Waals surface area contributed by atoms with Crippen LogP contribution in [-0.2, 0) is 14.3 Å². The Morgan fingerprint density at radius 1 is 1.30 bits per heavy atom. The van der Waals surface area contributed by atoms with Gasteiger partial charge in [0.15, 0.2) is 6.61 Å². The highest BCUT2D eigenvalue weighted by Gasteiger charge is 2.14. The van der Waals surface area contributed by atoms with Crippen LogP contribution in [0.25, 0.3) is 6.08 Å². The van der Waals surface area contributed by atoms with Crippen molar-refractivity contribution in [2.75, 3.05) is 18.5 Å². The highest BCUT2D eigenvalue weighted by atomic mass is 79.9. The van der Waals surface area contributed by atoms with Crippen molar-refractivity contribution in [1.29, 1.82) is 5.26 Å². The molecule has 0 aliphatic rings. The number of anilines is 1. The van der Waals surface area contributed by atoms with Gasteiger partial charge in [-0.1, -0.05) is 22.0 Å². The third-order valence-electron chi connectivity index (χ3n) is 3.60. The molecule has 2 rings (SSSR count). The molecule has 0 saturated carbocycles. The number of amides is 1. The lowest BCUT2D eigenvalue weighted by Gasteiger charge is -2.10. The highest BCUT2D eigenvalue weighted by Crippen LogP contribution is 2.26. The lowest BCUT2D eigenvalue weighted by Crippen LogP contribution is -2.15. The number of non-ortho nitro benzene ring substituents is 1. The summed E-state index contributed by atoms with van der Waals surface area (Å²) in [6, 6.07) is 12.0. The second-order valence-corrected chi connectivity index (χ2v) is 6.62. The Labute approximate surface area is 180 Å². The van der Waals surface area contributed by atoms with E-state index in [-0.39, 0.29) is 35.9 Å². The molecular formula is C20H16BrN3O6. The fourth-order valence-electron chi connectivity index (χ4n) is 2.30. The van der Waals surface area contributed by atoms with Crippen LogP contribution in [0.1, 0.15) is 12.5 Å². The molecule has 0 unspecified atom stereocenters. The van der Waals surface area contributed by atoms with Gasteiger partial charge in [0.05, 0.1) is 11.5 Å². The minimum absolute atomic E-state index is 0.170. The number of nitrogens with zero attached hydrogens (tertiary/aromatic N) is 2. The number of nitro benzene ring substituents is 1. The van der Waals surface area contributed by atoms with Crippen molar-refractivity contribution in [1.82, 2.24) is 0 Å². The number of ether oxygens (including phenoxy) is 2. The molecule has 0 fully saturated rings. The van der Waals surface area contributed by atoms with Crippen LogP contribution in [0, 0.1) is 21.4 Å². The Hall–Kier alpha value is -3.71. The maximum Gasteiger partial charge on any atom is 0.344 e. The maximum atomic E-state index is 12.5. The number of benzene rings is 2. The summed E-state index contributed by atoms with van der Waals surface area (Å²) in [5.41, 5.74) is 0.0836. The van der Waals surface area contributed by atoms with Gasteiger partial charge in [0.25, 0.3) is 11.6 Å². The van der Waals surface area contributed by atoms with Gasteiger partial charge in [-0.25, -0.2) is 4.79 Å². The van der Waals surface area contributed by atoms with Gasteiger partial charge in [-0.3, -0.25) is 14.9 Å². The van der Waals surface area contributed by atoms with Crippen LogP contribution in [-0.4, -0.2) is 30.0 Å². The number of carbonyl (C=O) groups excluding carboxylic acids is 2. The molecule has 0 atom stereocenters. The van der Waals surface area contributed by atoms with E-state index in [0.717, 1.165) is 0 Å². The Bertz CT molecular complexity index is 1050. The number of nitrogens with one attached hydrogen (secondary N) is 1. The molecule has 0 heterocycles. The molecule has 2 aromatic rings. The van der Waals surface area contributed by atoms with Gasteiger partial charge in [0, 0.05) is 27.9 Å². The smallest absolute Gasteiger partial charge is 0.344 e. The van der Waals surface area contributed by atoms with Gasteiger partial charge in [-0.05, 0) is 37.3 Å². The molecule has 1 N–H and O–H groups in total. The van der Waals surface area contributed by atoms with Gasteiger partial charge >= 0.3 is 5.97 Å². The van der Waals surface area contributed by atoms with Gasteiger partial charge in [-0.15, -0.1) is 0 Å². The highest BCUT2D eigenvalue weighted by molar-refractivity contribution is 9.10. The van der Waals surface area contributed by atoms with Gasteiger partial charge < -0.3 is 14.8 Å². The number of esters is 1. The molecule has 1 amide bonds. The molecule has 0 aliphatic carbocycles. The summed E-state index contributed by atoms with van der Waals surface area (Å²) in [7, 11) is 0. The van der Waals surface area contributed by atoms with E-state index in [1.807, 2.05) is 0 Å². The predicted octanol–water partition coefficient (Wildman–Crippen LogP) is 3.84. The molecule has 0 bridgehead atoms. The number of nitro groups is 1. The van der Waals surface area contributed by atoms with Gasteiger partial charge in [-0.2, -0.15) is 5.26 Å². The molecular weight excluding hydrogens is 458 g/mol. The first-order chi connectivity index (χ1) is 14.3. The molecule has 0 aliphatic heterocycles. The molecule has 30 heavy (non-hydrogen) atoms. The number of nitriles is 1. The van der Waals surface area contributed by atoms with E-state index in [2.05, 4.69) is 21.2 Å². The van der Waals surface area contributed by atoms with E-state index in [1.165, 1.54) is 30.3 Å². The summed E-state index contributed by atoms with van der Waals surface area (Å²) >= 11 is 3.30. The largest absolute Gasteiger partial charge is 0.481 e. The minimum Gasteiger partial charge on any atom is -0.481 e. The quantitative estimate of drug-likeness (QED) is 0.202. The van der Waals surface area contributed by atoms with Crippen molar-refractivity contribution < 1.29 is 24.0 Å². The molecule has 2 aromatic carbocycles. The van der Waals surface area contributed by atoms with Crippen molar-refractivity contribution in [2.45, 2.75) is 6.92 Å². The van der Waals surface area contributed by atoms with E-state index < -0.39 is 16.8 Å². The molecule has 0 aromatic heterocycles. The van der Waals surface area contributed by atoms with Crippen molar-refractivity contribution in [3.8, 4) is 11.8 Å². The van der Waals surface area contributed by atoms with E-state index in [0.29, 0.717) is 10.0 Å². The van der Waals surface area contributed by atoms with Crippen LogP contribution in [0.4, 0.5) is 11.4 Å². The topological polar surface area (TPSA) is 132 Å². The number of halogens is 1. The fraction of sp³-hybridized carbons (Fsp3) is 0.150. The zero-order chi connectivity index (χ0) is 22.1. The van der Waals surface area contributed by atoms with Crippen LogP contribution < -0.4 is 10.1 Å². The average Bonchev–Trinajstić information content (AvgIpc) is 2.71. The Morgan fingerprint density at radius 2 is 2.07 bits per heavy atom. The molecule has 0 saturated heterocycles. The van der Waals surface area contributed by atoms with Crippen molar-refractivity contribution in [3.05, 3.63) is 68.2 Å². The first-order valence-corrected chi connectivity index (χ1v) is 9.39. The van der Waals surface area contributed by atoms with Gasteiger partial charge in [0.1, 0.15) is 17.4 Å². The number of rotatable bonds is 8. The summed E-state index contributed by atoms with van der Waals surface area (Å²) < 4.78 is 10.9. The predicted molar refractivity (Wildman–Crippen MR) is 112 cm³/mol. The zero-order valence-corrected chi connectivity index (χ0v) is 17.3. The van der Waals surface area contributed by atoms with Crippen molar-refractivity contribution in [3.63, 3.8) is 0 Å². The number of hydrogen-bond acceptors (Lipinski definition) is 7. The van der Waals surface area contributed by atoms with Crippen LogP contribution in [0.5, 0.6) is 5.75 Å². The maximum absolute atomic E-state index is 12.5. The second-order valence-electron chi connectivity index (χ2n) is 5.71. The van der Waals surface area contributed by atoms with Gasteiger partial charge in [0.2, 0.25) is 0 Å². The Morgan fingerprint density at radius 3 is 2.73 bits per heavy atom. The normalized spacial score (nSPS) is 10.6. The molecule has 10 heteroatoms. The van der Waals surface area contributed by atoms with Crippen LogP contribution in [0.3, 0.4) is 0 Å². The standard InChI is InChI=1S/C20H16BrN3O6/c1-2-29-19(25)12-30-18-7-6-15(21)9-13(18)8-14(11-22)20(26)23-16-4-3-5-17(10-16)24(27)28/h3-10H,2,12H2,1H3,(H,23,26)/b14-8+. The summed E-state index contributed by atoms with van der Waals surface area (Å²) in [4.78, 5) is 34.3. The van der Waals surface area contributed by atoms with E-state index in [4.69, 9.17) is 9.47 Å². The van der Waals surface area contributed by atoms with Crippen molar-refractivity contribution >= 4 is 45.3 Å². The fourth-order valence-corrected chi connectivity index (χ4v) is 2.68. The average molecular weight is 474 g/mol. The Kier molecular flexibility index (Phi) is 8.08. The minimum atomic E-state index is -0.755. The van der Waals surface area contributed by atoms with E-state index in [1.54, 1.807) is 31.2 Å². The second kappa shape index (κ2) is 10.7. The molecule has 0 spiro atoms. The first kappa shape index (κ1) is 22.6. The molecule has 9 nitrogen and oxygen atoms in total. The third kappa shape index (κ3) is 6.42. The molecule has 154 valence electrons. The van der Waals surface area contributed by atoms with E-state index in [9.17, 15) is 25.0 Å². The summed E-state index contributed by atoms with van der Waals surface area (Å²) in [5.74, 6) is -1.05. The van der Waals surface area contributed by atoms with E-state index >= 15 is 0 Å². The Balaban J connectivity index is 2.26. The summed E-state index contributed by atoms with van der Waals surface area (Å²) in [5, 5.41) is 22.7. The summed E-state index contributed by atoms with van der Waals surface area (Å²) in [6.07, 6.45) is 1.29.